The number of allylic oxidation sites excluding steroid dienone is 1. The van der Waals surface area contributed by atoms with Crippen molar-refractivity contribution in [1.82, 2.24) is 10.6 Å². The Morgan fingerprint density at radius 2 is 1.80 bits per heavy atom. The van der Waals surface area contributed by atoms with Gasteiger partial charge in [-0.2, -0.15) is 0 Å². The van der Waals surface area contributed by atoms with Gasteiger partial charge < -0.3 is 16.0 Å². The summed E-state index contributed by atoms with van der Waals surface area (Å²) in [6.07, 6.45) is 0. The minimum Gasteiger partial charge on any atom is -0.351 e. The highest BCUT2D eigenvalue weighted by Crippen LogP contribution is 2.32. The number of nitrogens with one attached hydrogen (secondary N) is 3. The van der Waals surface area contributed by atoms with Crippen LogP contribution in [0.15, 0.2) is 64.3 Å². The molecule has 1 amide bonds. The number of thiocarbonyl (C=S) groups is 1. The van der Waals surface area contributed by atoms with Crippen molar-refractivity contribution < 1.29 is 4.79 Å². The van der Waals surface area contributed by atoms with Crippen molar-refractivity contribution in [1.29, 1.82) is 0 Å². The minimum atomic E-state index is -0.326. The third-order valence-corrected chi connectivity index (χ3v) is 5.07. The molecular formula is C19H18BrN3OS. The molecule has 1 unspecified atom stereocenters. The van der Waals surface area contributed by atoms with E-state index < -0.39 is 0 Å². The maximum absolute atomic E-state index is 13.0. The maximum Gasteiger partial charge on any atom is 0.255 e. The highest BCUT2D eigenvalue weighted by Gasteiger charge is 2.31. The predicted octanol–water partition coefficient (Wildman–Crippen LogP) is 4.19. The molecule has 2 aromatic carbocycles. The van der Waals surface area contributed by atoms with Gasteiger partial charge in [0.2, 0.25) is 0 Å². The minimum absolute atomic E-state index is 0.157. The predicted molar refractivity (Wildman–Crippen MR) is 108 cm³/mol. The standard InChI is InChI=1S/C19H18BrN3OS/c1-11-7-3-6-10-15(11)22-18(24)16-12(2)21-19(25)23-17(16)13-8-4-5-9-14(13)20/h3-10,17H,1-2H3,(H,22,24)(H2,21,23,25). The molecule has 0 radical (unpaired) electrons. The van der Waals surface area contributed by atoms with Crippen LogP contribution >= 0.6 is 28.1 Å². The lowest BCUT2D eigenvalue weighted by Gasteiger charge is -2.31. The van der Waals surface area contributed by atoms with Crippen molar-refractivity contribution in [2.24, 2.45) is 0 Å². The second-order valence-corrected chi connectivity index (χ2v) is 7.12. The van der Waals surface area contributed by atoms with E-state index >= 15 is 0 Å². The Balaban J connectivity index is 1.99. The van der Waals surface area contributed by atoms with Crippen molar-refractivity contribution in [3.8, 4) is 0 Å². The Bertz CT molecular complexity index is 878. The molecule has 3 N–H and O–H groups in total. The Labute approximate surface area is 160 Å². The van der Waals surface area contributed by atoms with Crippen LogP contribution in [0.3, 0.4) is 0 Å². The normalized spacial score (nSPS) is 16.9. The van der Waals surface area contributed by atoms with Crippen LogP contribution in [-0.4, -0.2) is 11.0 Å². The fourth-order valence-corrected chi connectivity index (χ4v) is 3.62. The number of aryl methyl sites for hydroxylation is 1. The molecule has 2 aromatic rings. The van der Waals surface area contributed by atoms with E-state index in [1.165, 1.54) is 0 Å². The van der Waals surface area contributed by atoms with Crippen LogP contribution in [0, 0.1) is 6.92 Å². The summed E-state index contributed by atoms with van der Waals surface area (Å²) in [5, 5.41) is 9.77. The summed E-state index contributed by atoms with van der Waals surface area (Å²) in [6.45, 7) is 3.83. The van der Waals surface area contributed by atoms with E-state index in [9.17, 15) is 4.79 Å². The van der Waals surface area contributed by atoms with Gasteiger partial charge in [-0.25, -0.2) is 0 Å². The molecule has 25 heavy (non-hydrogen) atoms. The number of benzene rings is 2. The van der Waals surface area contributed by atoms with Gasteiger partial charge in [0.05, 0.1) is 11.6 Å². The zero-order valence-electron chi connectivity index (χ0n) is 13.9. The molecule has 0 spiro atoms. The average molecular weight is 416 g/mol. The van der Waals surface area contributed by atoms with Crippen LogP contribution in [0.25, 0.3) is 0 Å². The van der Waals surface area contributed by atoms with Gasteiger partial charge in [0, 0.05) is 15.9 Å². The van der Waals surface area contributed by atoms with E-state index in [2.05, 4.69) is 31.9 Å². The monoisotopic (exact) mass is 415 g/mol. The number of carbonyl (C=O) groups is 1. The first-order valence-corrected chi connectivity index (χ1v) is 9.07. The Kier molecular flexibility index (Phi) is 5.20. The molecule has 6 heteroatoms. The van der Waals surface area contributed by atoms with Crippen LogP contribution in [0.2, 0.25) is 0 Å². The van der Waals surface area contributed by atoms with Crippen molar-refractivity contribution in [3.63, 3.8) is 0 Å². The lowest BCUT2D eigenvalue weighted by atomic mass is 9.95. The lowest BCUT2D eigenvalue weighted by molar-refractivity contribution is -0.113. The second-order valence-electron chi connectivity index (χ2n) is 5.86. The van der Waals surface area contributed by atoms with Crippen LogP contribution in [0.4, 0.5) is 5.69 Å². The van der Waals surface area contributed by atoms with E-state index in [-0.39, 0.29) is 11.9 Å². The lowest BCUT2D eigenvalue weighted by Crippen LogP contribution is -2.45. The topological polar surface area (TPSA) is 53.2 Å². The van der Waals surface area contributed by atoms with E-state index in [0.29, 0.717) is 10.7 Å². The van der Waals surface area contributed by atoms with E-state index in [1.807, 2.05) is 62.4 Å². The van der Waals surface area contributed by atoms with Gasteiger partial charge in [-0.15, -0.1) is 0 Å². The molecule has 0 saturated heterocycles. The van der Waals surface area contributed by atoms with Crippen molar-refractivity contribution in [3.05, 3.63) is 75.4 Å². The molecule has 0 aliphatic carbocycles. The summed E-state index contributed by atoms with van der Waals surface area (Å²) >= 11 is 8.86. The van der Waals surface area contributed by atoms with Crippen molar-refractivity contribution in [2.75, 3.05) is 5.32 Å². The summed E-state index contributed by atoms with van der Waals surface area (Å²) in [5.74, 6) is -0.157. The summed E-state index contributed by atoms with van der Waals surface area (Å²) in [4.78, 5) is 13.0. The third kappa shape index (κ3) is 3.75. The fourth-order valence-electron chi connectivity index (χ4n) is 2.84. The maximum atomic E-state index is 13.0. The quantitative estimate of drug-likeness (QED) is 0.657. The highest BCUT2D eigenvalue weighted by molar-refractivity contribution is 9.10. The van der Waals surface area contributed by atoms with Crippen LogP contribution < -0.4 is 16.0 Å². The molecule has 1 aliphatic heterocycles. The zero-order chi connectivity index (χ0) is 18.0. The smallest absolute Gasteiger partial charge is 0.255 e. The largest absolute Gasteiger partial charge is 0.351 e. The van der Waals surface area contributed by atoms with Crippen LogP contribution in [-0.2, 0) is 4.79 Å². The highest BCUT2D eigenvalue weighted by atomic mass is 79.9. The van der Waals surface area contributed by atoms with E-state index in [1.54, 1.807) is 0 Å². The molecule has 3 rings (SSSR count). The molecule has 1 heterocycles. The molecule has 0 bridgehead atoms. The number of para-hydroxylation sites is 1. The molecule has 4 nitrogen and oxygen atoms in total. The van der Waals surface area contributed by atoms with Gasteiger partial charge in [-0.1, -0.05) is 52.3 Å². The third-order valence-electron chi connectivity index (χ3n) is 4.12. The van der Waals surface area contributed by atoms with Crippen LogP contribution in [0.5, 0.6) is 0 Å². The number of anilines is 1. The Morgan fingerprint density at radius 3 is 2.52 bits per heavy atom. The van der Waals surface area contributed by atoms with Gasteiger partial charge in [-0.3, -0.25) is 4.79 Å². The molecular weight excluding hydrogens is 398 g/mol. The summed E-state index contributed by atoms with van der Waals surface area (Å²) in [6, 6.07) is 15.2. The van der Waals surface area contributed by atoms with E-state index in [0.717, 1.165) is 27.0 Å². The van der Waals surface area contributed by atoms with E-state index in [4.69, 9.17) is 12.2 Å². The Morgan fingerprint density at radius 1 is 1.12 bits per heavy atom. The summed E-state index contributed by atoms with van der Waals surface area (Å²) in [5.41, 5.74) is 4.13. The number of hydrogen-bond donors (Lipinski definition) is 3. The molecule has 128 valence electrons. The van der Waals surface area contributed by atoms with Gasteiger partial charge >= 0.3 is 0 Å². The summed E-state index contributed by atoms with van der Waals surface area (Å²) in [7, 11) is 0. The van der Waals surface area contributed by atoms with Crippen molar-refractivity contribution in [2.45, 2.75) is 19.9 Å². The zero-order valence-corrected chi connectivity index (χ0v) is 16.3. The first kappa shape index (κ1) is 17.6. The van der Waals surface area contributed by atoms with Crippen molar-refractivity contribution >= 4 is 44.9 Å². The number of halogens is 1. The van der Waals surface area contributed by atoms with Gasteiger partial charge in [0.1, 0.15) is 0 Å². The molecule has 0 fully saturated rings. The number of rotatable bonds is 3. The number of amides is 1. The molecule has 0 saturated carbocycles. The SMILES string of the molecule is CC1=C(C(=O)Nc2ccccc2C)C(c2ccccc2Br)NC(=S)N1. The molecule has 1 atom stereocenters. The number of carbonyl (C=O) groups excluding carboxylic acids is 1. The first-order valence-electron chi connectivity index (χ1n) is 7.87. The Hall–Kier alpha value is -2.18. The number of hydrogen-bond acceptors (Lipinski definition) is 2. The van der Waals surface area contributed by atoms with Gasteiger partial charge in [-0.05, 0) is 49.3 Å². The molecule has 1 aliphatic rings. The summed E-state index contributed by atoms with van der Waals surface area (Å²) < 4.78 is 0.922. The van der Waals surface area contributed by atoms with Gasteiger partial charge in [0.25, 0.3) is 5.91 Å². The van der Waals surface area contributed by atoms with Crippen LogP contribution in [0.1, 0.15) is 24.1 Å². The van der Waals surface area contributed by atoms with Gasteiger partial charge in [0.15, 0.2) is 5.11 Å². The first-order chi connectivity index (χ1) is 12.0. The fraction of sp³-hybridized carbons (Fsp3) is 0.158. The second kappa shape index (κ2) is 7.37. The average Bonchev–Trinajstić information content (AvgIpc) is 2.56. The molecule has 0 aromatic heterocycles.